The molecular weight excluding hydrogens is 310 g/mol. The molecule has 0 unspecified atom stereocenters. The Bertz CT molecular complexity index is 574. The quantitative estimate of drug-likeness (QED) is 0.537. The molecule has 10 nitrogen and oxygen atoms in total. The number of aromatic nitrogens is 3. The Balaban J connectivity index is 2.31. The van der Waals surface area contributed by atoms with Crippen LogP contribution in [0.4, 0.5) is 0 Å². The van der Waals surface area contributed by atoms with E-state index < -0.39 is 42.4 Å². The highest BCUT2D eigenvalue weighted by Crippen LogP contribution is 2.30. The van der Waals surface area contributed by atoms with Crippen LogP contribution in [0.1, 0.15) is 27.0 Å². The largest absolute Gasteiger partial charge is 0.456 e. The van der Waals surface area contributed by atoms with Crippen molar-refractivity contribution in [3.63, 3.8) is 0 Å². The molecule has 1 aliphatic rings. The van der Waals surface area contributed by atoms with E-state index in [1.165, 1.54) is 37.8 Å². The summed E-state index contributed by atoms with van der Waals surface area (Å²) in [6.07, 6.45) is -0.900. The second-order valence-corrected chi connectivity index (χ2v) is 4.90. The lowest BCUT2D eigenvalue weighted by Gasteiger charge is -2.40. The SMILES string of the molecule is CC(=O)O[C@@H]1[C@@H](OC(C)=O)[C@H](OC(C)=O)CO[C@H]1n1ccnn1. The summed E-state index contributed by atoms with van der Waals surface area (Å²) in [5.74, 6) is -1.79. The number of esters is 3. The lowest BCUT2D eigenvalue weighted by atomic mass is 10.0. The summed E-state index contributed by atoms with van der Waals surface area (Å²) in [4.78, 5) is 34.0. The molecule has 0 aromatic carbocycles. The maximum absolute atomic E-state index is 11.4. The summed E-state index contributed by atoms with van der Waals surface area (Å²) in [5, 5.41) is 7.46. The molecule has 0 radical (unpaired) electrons. The lowest BCUT2D eigenvalue weighted by molar-refractivity contribution is -0.241. The minimum Gasteiger partial charge on any atom is -0.456 e. The molecule has 0 bridgehead atoms. The second kappa shape index (κ2) is 7.18. The molecule has 0 N–H and O–H groups in total. The summed E-state index contributed by atoms with van der Waals surface area (Å²) in [6.45, 7) is 3.57. The number of nitrogens with zero attached hydrogens (tertiary/aromatic N) is 3. The molecule has 0 saturated carbocycles. The highest BCUT2D eigenvalue weighted by molar-refractivity contribution is 5.68. The van der Waals surface area contributed by atoms with Crippen LogP contribution in [0, 0.1) is 0 Å². The van der Waals surface area contributed by atoms with Crippen LogP contribution in [0.2, 0.25) is 0 Å². The zero-order valence-corrected chi connectivity index (χ0v) is 12.9. The first kappa shape index (κ1) is 16.9. The van der Waals surface area contributed by atoms with Gasteiger partial charge in [-0.3, -0.25) is 14.4 Å². The third-order valence-corrected chi connectivity index (χ3v) is 3.03. The Labute approximate surface area is 131 Å². The maximum Gasteiger partial charge on any atom is 0.303 e. The van der Waals surface area contributed by atoms with Crippen molar-refractivity contribution < 1.29 is 33.3 Å². The summed E-state index contributed by atoms with van der Waals surface area (Å²) in [6, 6.07) is 0. The first-order valence-corrected chi connectivity index (χ1v) is 6.87. The molecule has 0 spiro atoms. The van der Waals surface area contributed by atoms with E-state index in [1.54, 1.807) is 0 Å². The molecule has 0 amide bonds. The predicted octanol–water partition coefficient (Wildman–Crippen LogP) is -0.398. The van der Waals surface area contributed by atoms with Gasteiger partial charge in [-0.15, -0.1) is 5.10 Å². The minimum absolute atomic E-state index is 0.0557. The van der Waals surface area contributed by atoms with Crippen LogP contribution in [-0.2, 0) is 33.3 Å². The van der Waals surface area contributed by atoms with Crippen LogP contribution in [0.25, 0.3) is 0 Å². The first-order valence-electron chi connectivity index (χ1n) is 6.87. The molecule has 2 heterocycles. The van der Waals surface area contributed by atoms with Crippen molar-refractivity contribution in [3.8, 4) is 0 Å². The van der Waals surface area contributed by atoms with Crippen LogP contribution in [0.15, 0.2) is 12.4 Å². The fraction of sp³-hybridized carbons (Fsp3) is 0.615. The van der Waals surface area contributed by atoms with Crippen LogP contribution in [0.5, 0.6) is 0 Å². The molecule has 1 aromatic heterocycles. The van der Waals surface area contributed by atoms with Gasteiger partial charge < -0.3 is 18.9 Å². The summed E-state index contributed by atoms with van der Waals surface area (Å²) >= 11 is 0. The smallest absolute Gasteiger partial charge is 0.303 e. The maximum atomic E-state index is 11.4. The third-order valence-electron chi connectivity index (χ3n) is 3.03. The van der Waals surface area contributed by atoms with Crippen molar-refractivity contribution >= 4 is 17.9 Å². The molecule has 10 heteroatoms. The Morgan fingerprint density at radius 3 is 2.17 bits per heavy atom. The van der Waals surface area contributed by atoms with Crippen LogP contribution < -0.4 is 0 Å². The van der Waals surface area contributed by atoms with Gasteiger partial charge in [-0.1, -0.05) is 5.21 Å². The first-order chi connectivity index (χ1) is 10.9. The average Bonchev–Trinajstić information content (AvgIpc) is 2.94. The van der Waals surface area contributed by atoms with Crippen LogP contribution >= 0.6 is 0 Å². The molecule has 4 atom stereocenters. The van der Waals surface area contributed by atoms with E-state index in [2.05, 4.69) is 10.3 Å². The van der Waals surface area contributed by atoms with Crippen molar-refractivity contribution in [2.45, 2.75) is 45.3 Å². The van der Waals surface area contributed by atoms with Gasteiger partial charge in [0.25, 0.3) is 0 Å². The van der Waals surface area contributed by atoms with Crippen LogP contribution in [-0.4, -0.2) is 57.8 Å². The second-order valence-electron chi connectivity index (χ2n) is 4.90. The topological polar surface area (TPSA) is 119 Å². The molecule has 126 valence electrons. The highest BCUT2D eigenvalue weighted by Gasteiger charge is 2.47. The van der Waals surface area contributed by atoms with Gasteiger partial charge in [0.05, 0.1) is 12.8 Å². The monoisotopic (exact) mass is 327 g/mol. The molecule has 1 fully saturated rings. The van der Waals surface area contributed by atoms with Gasteiger partial charge in [0.1, 0.15) is 0 Å². The molecule has 2 rings (SSSR count). The van der Waals surface area contributed by atoms with Gasteiger partial charge in [0, 0.05) is 27.0 Å². The van der Waals surface area contributed by atoms with E-state index >= 15 is 0 Å². The standard InChI is InChI=1S/C13H17N3O7/c1-7(17)21-10-6-20-13(16-5-4-14-15-16)12(23-9(3)19)11(10)22-8(2)18/h4-5,10-13H,6H2,1-3H3/t10-,11+,12-,13-/m1/s1. The van der Waals surface area contributed by atoms with Crippen molar-refractivity contribution in [2.24, 2.45) is 0 Å². The van der Waals surface area contributed by atoms with Crippen LogP contribution in [0.3, 0.4) is 0 Å². The third kappa shape index (κ3) is 4.25. The Kier molecular flexibility index (Phi) is 5.27. The average molecular weight is 327 g/mol. The van der Waals surface area contributed by atoms with Crippen molar-refractivity contribution in [2.75, 3.05) is 6.61 Å². The van der Waals surface area contributed by atoms with Gasteiger partial charge in [0.15, 0.2) is 24.5 Å². The zero-order chi connectivity index (χ0) is 17.0. The van der Waals surface area contributed by atoms with E-state index in [-0.39, 0.29) is 6.61 Å². The van der Waals surface area contributed by atoms with E-state index in [0.717, 1.165) is 0 Å². The molecule has 1 aromatic rings. The summed E-state index contributed by atoms with van der Waals surface area (Å²) < 4.78 is 22.5. The lowest BCUT2D eigenvalue weighted by Crippen LogP contribution is -2.55. The fourth-order valence-corrected chi connectivity index (χ4v) is 2.30. The summed E-state index contributed by atoms with van der Waals surface area (Å²) in [7, 11) is 0. The number of carbonyl (C=O) groups excluding carboxylic acids is 3. The fourth-order valence-electron chi connectivity index (χ4n) is 2.30. The Morgan fingerprint density at radius 2 is 1.65 bits per heavy atom. The number of hydrogen-bond donors (Lipinski definition) is 0. The van der Waals surface area contributed by atoms with E-state index in [1.807, 2.05) is 0 Å². The van der Waals surface area contributed by atoms with Gasteiger partial charge in [0.2, 0.25) is 0 Å². The number of carbonyl (C=O) groups is 3. The van der Waals surface area contributed by atoms with E-state index in [0.29, 0.717) is 0 Å². The Hall–Kier alpha value is -2.49. The molecular formula is C13H17N3O7. The normalized spacial score (nSPS) is 27.1. The predicted molar refractivity (Wildman–Crippen MR) is 71.7 cm³/mol. The van der Waals surface area contributed by atoms with Gasteiger partial charge in [-0.2, -0.15) is 0 Å². The minimum atomic E-state index is -1.05. The van der Waals surface area contributed by atoms with Crippen molar-refractivity contribution in [1.29, 1.82) is 0 Å². The van der Waals surface area contributed by atoms with Gasteiger partial charge in [-0.25, -0.2) is 4.68 Å². The number of rotatable bonds is 4. The molecule has 1 saturated heterocycles. The van der Waals surface area contributed by atoms with Gasteiger partial charge in [-0.05, 0) is 0 Å². The molecule has 23 heavy (non-hydrogen) atoms. The van der Waals surface area contributed by atoms with E-state index in [9.17, 15) is 14.4 Å². The van der Waals surface area contributed by atoms with Gasteiger partial charge >= 0.3 is 17.9 Å². The van der Waals surface area contributed by atoms with E-state index in [4.69, 9.17) is 18.9 Å². The number of ether oxygens (including phenoxy) is 4. The Morgan fingerprint density at radius 1 is 1.04 bits per heavy atom. The molecule has 0 aliphatic carbocycles. The van der Waals surface area contributed by atoms with Crippen molar-refractivity contribution in [1.82, 2.24) is 15.0 Å². The summed E-state index contributed by atoms with van der Waals surface area (Å²) in [5.41, 5.74) is 0. The zero-order valence-electron chi connectivity index (χ0n) is 12.9. The number of hydrogen-bond acceptors (Lipinski definition) is 9. The highest BCUT2D eigenvalue weighted by atomic mass is 16.6. The molecule has 1 aliphatic heterocycles. The van der Waals surface area contributed by atoms with Crippen molar-refractivity contribution in [3.05, 3.63) is 12.4 Å².